The average Bonchev–Trinajstić information content (AvgIpc) is 1.39. The molecule has 17 aromatic carbocycles. The fourth-order valence-corrected chi connectivity index (χ4v) is 19.5. The van der Waals surface area contributed by atoms with Crippen molar-refractivity contribution >= 4 is 34.1 Å². The molecule has 2 heteroatoms. The zero-order valence-corrected chi connectivity index (χ0v) is 59.6. The molecule has 0 aliphatic heterocycles. The molecule has 0 saturated heterocycles. The predicted molar refractivity (Wildman–Crippen MR) is 446 cm³/mol. The van der Waals surface area contributed by atoms with E-state index in [0.29, 0.717) is 0 Å². The molecule has 0 amide bonds. The molecular weight excluding hydrogens is 1300 g/mol. The largest absolute Gasteiger partial charge is 0.310 e. The van der Waals surface area contributed by atoms with Crippen molar-refractivity contribution in [3.8, 4) is 33.4 Å². The molecule has 0 heterocycles. The van der Waals surface area contributed by atoms with Crippen LogP contribution < -0.4 is 9.80 Å². The van der Waals surface area contributed by atoms with Gasteiger partial charge in [0.25, 0.3) is 0 Å². The number of benzene rings is 17. The Bertz CT molecular complexity index is 5940. The van der Waals surface area contributed by atoms with Gasteiger partial charge in [-0.25, -0.2) is 0 Å². The summed E-state index contributed by atoms with van der Waals surface area (Å²) in [6.45, 7) is 0. The lowest BCUT2D eigenvalue weighted by molar-refractivity contribution is 0.623. The Kier molecular flexibility index (Phi) is 15.5. The number of para-hydroxylation sites is 3. The summed E-state index contributed by atoms with van der Waals surface area (Å²) in [5.41, 5.74) is 33.0. The van der Waals surface area contributed by atoms with Gasteiger partial charge in [-0.3, -0.25) is 0 Å². The van der Waals surface area contributed by atoms with Gasteiger partial charge in [-0.1, -0.05) is 376 Å². The van der Waals surface area contributed by atoms with Gasteiger partial charge in [-0.05, 0) is 195 Å². The second-order valence-corrected chi connectivity index (χ2v) is 28.8. The molecule has 0 radical (unpaired) electrons. The highest BCUT2D eigenvalue weighted by molar-refractivity contribution is 5.95. The van der Waals surface area contributed by atoms with E-state index in [-0.39, 0.29) is 0 Å². The minimum absolute atomic E-state index is 0.517. The van der Waals surface area contributed by atoms with Crippen molar-refractivity contribution in [2.24, 2.45) is 0 Å². The Balaban J connectivity index is 0.000000143. The van der Waals surface area contributed by atoms with Gasteiger partial charge in [0.15, 0.2) is 0 Å². The molecule has 508 valence electrons. The minimum Gasteiger partial charge on any atom is -0.310 e. The SMILES string of the molecule is c1ccc(-c2ccc(N(c3ccccc3)c3ccc4c(c3)C3(c5ccccc5-4)c4ccccc4C(c4ccccc4)(c4ccccc4)c4ccccc43)cc2)cc1.c1ccc(N(c2ccccc2)c2ccc3c(c2)C2(c4ccccc4-3)c3ccccc3C(c3ccccc3)(c3ccccc3)c3ccccc32)cc1. The third-order valence-corrected chi connectivity index (χ3v) is 23.6. The van der Waals surface area contributed by atoms with Crippen molar-refractivity contribution in [3.63, 3.8) is 0 Å². The second kappa shape index (κ2) is 26.2. The first-order chi connectivity index (χ1) is 53.6. The molecule has 2 spiro atoms. The maximum Gasteiger partial charge on any atom is 0.0720 e. The van der Waals surface area contributed by atoms with E-state index in [4.69, 9.17) is 0 Å². The second-order valence-electron chi connectivity index (χ2n) is 28.8. The van der Waals surface area contributed by atoms with Crippen LogP contribution in [-0.2, 0) is 21.7 Å². The maximum atomic E-state index is 2.49. The molecule has 0 unspecified atom stereocenters. The first kappa shape index (κ1) is 64.0. The quantitative estimate of drug-likeness (QED) is 0.127. The Morgan fingerprint density at radius 1 is 0.130 bits per heavy atom. The van der Waals surface area contributed by atoms with Crippen molar-refractivity contribution in [2.75, 3.05) is 9.80 Å². The Morgan fingerprint density at radius 3 is 0.630 bits per heavy atom. The zero-order valence-electron chi connectivity index (χ0n) is 59.6. The summed E-state index contributed by atoms with van der Waals surface area (Å²) in [5, 5.41) is 0. The summed E-state index contributed by atoms with van der Waals surface area (Å²) in [6.07, 6.45) is 0. The van der Waals surface area contributed by atoms with Crippen LogP contribution in [0.4, 0.5) is 34.1 Å². The van der Waals surface area contributed by atoms with E-state index in [0.717, 1.165) is 34.1 Å². The fourth-order valence-electron chi connectivity index (χ4n) is 19.5. The van der Waals surface area contributed by atoms with Crippen LogP contribution >= 0.6 is 0 Å². The third kappa shape index (κ3) is 9.53. The fraction of sp³-hybridized carbons (Fsp3) is 0.0377. The summed E-state index contributed by atoms with van der Waals surface area (Å²) in [7, 11) is 0. The summed E-state index contributed by atoms with van der Waals surface area (Å²) in [6, 6.07) is 166. The monoisotopic (exact) mass is 1370 g/mol. The van der Waals surface area contributed by atoms with E-state index in [1.165, 1.54) is 122 Å². The number of hydrogen-bond donors (Lipinski definition) is 0. The van der Waals surface area contributed by atoms with Crippen LogP contribution in [0.3, 0.4) is 0 Å². The van der Waals surface area contributed by atoms with Crippen LogP contribution in [0.5, 0.6) is 0 Å². The third-order valence-electron chi connectivity index (χ3n) is 23.6. The molecule has 0 saturated carbocycles. The van der Waals surface area contributed by atoms with Gasteiger partial charge >= 0.3 is 0 Å². The van der Waals surface area contributed by atoms with Crippen LogP contribution in [-0.4, -0.2) is 0 Å². The lowest BCUT2D eigenvalue weighted by atomic mass is 9.51. The zero-order chi connectivity index (χ0) is 71.6. The minimum atomic E-state index is -0.568. The molecule has 0 fully saturated rings. The Morgan fingerprint density at radius 2 is 0.333 bits per heavy atom. The Hall–Kier alpha value is -13.7. The highest BCUT2D eigenvalue weighted by Crippen LogP contribution is 2.67. The van der Waals surface area contributed by atoms with E-state index in [2.05, 4.69) is 459 Å². The molecule has 0 aromatic heterocycles. The highest BCUT2D eigenvalue weighted by atomic mass is 15.1. The molecule has 0 N–H and O–H groups in total. The molecule has 4 aliphatic rings. The number of nitrogens with zero attached hydrogens (tertiary/aromatic N) is 2. The van der Waals surface area contributed by atoms with E-state index < -0.39 is 21.7 Å². The van der Waals surface area contributed by atoms with Crippen LogP contribution in [0.2, 0.25) is 0 Å². The Labute approximate surface area is 632 Å². The van der Waals surface area contributed by atoms with Crippen molar-refractivity contribution in [1.29, 1.82) is 0 Å². The van der Waals surface area contributed by atoms with Gasteiger partial charge in [-0.2, -0.15) is 0 Å². The van der Waals surface area contributed by atoms with Crippen molar-refractivity contribution in [2.45, 2.75) is 21.7 Å². The van der Waals surface area contributed by atoms with Crippen molar-refractivity contribution < 1.29 is 0 Å². The topological polar surface area (TPSA) is 6.48 Å². The van der Waals surface area contributed by atoms with Gasteiger partial charge < -0.3 is 9.80 Å². The number of hydrogen-bond acceptors (Lipinski definition) is 2. The normalized spacial score (nSPS) is 14.0. The average molecular weight is 1380 g/mol. The molecule has 0 atom stereocenters. The van der Waals surface area contributed by atoms with E-state index >= 15 is 0 Å². The van der Waals surface area contributed by atoms with Crippen LogP contribution in [0.15, 0.2) is 449 Å². The summed E-state index contributed by atoms with van der Waals surface area (Å²) >= 11 is 0. The van der Waals surface area contributed by atoms with Crippen molar-refractivity contribution in [3.05, 3.63) is 538 Å². The maximum absolute atomic E-state index is 2.49. The molecule has 4 aliphatic carbocycles. The number of anilines is 6. The standard InChI is InChI=1S/C56H39N.C50H35N/c1-5-19-40(20-6-1)41-33-35-45(36-34-41)57(44-25-11-4-12-26-44)46-37-38-48-47-27-13-14-28-49(47)56(54(48)39-46)52-31-17-15-29-50(52)55(42-21-7-2-8-22-42,43-23-9-3-10-24-43)51-30-16-18-32-53(51)56;1-5-19-36(20-6-1)49(37-21-7-2-8-22-37)44-29-15-17-31-46(44)50(47-32-18-16-30-45(47)49)43-28-14-13-27-41(43)42-34-33-40(35-48(42)50)51(38-23-9-3-10-24-38)39-25-11-4-12-26-39/h1-39H;1-35H. The summed E-state index contributed by atoms with van der Waals surface area (Å²) in [4.78, 5) is 4.79. The molecule has 21 rings (SSSR count). The van der Waals surface area contributed by atoms with E-state index in [1.807, 2.05) is 0 Å². The lowest BCUT2D eigenvalue weighted by Crippen LogP contribution is -2.44. The molecular formula is C106H74N2. The van der Waals surface area contributed by atoms with Crippen molar-refractivity contribution in [1.82, 2.24) is 0 Å². The van der Waals surface area contributed by atoms with Gasteiger partial charge in [0, 0.05) is 34.1 Å². The lowest BCUT2D eigenvalue weighted by Gasteiger charge is -2.50. The van der Waals surface area contributed by atoms with Gasteiger partial charge in [0.05, 0.1) is 21.7 Å². The smallest absolute Gasteiger partial charge is 0.0720 e. The van der Waals surface area contributed by atoms with Gasteiger partial charge in [0.2, 0.25) is 0 Å². The number of rotatable bonds is 11. The first-order valence-corrected chi connectivity index (χ1v) is 37.6. The first-order valence-electron chi connectivity index (χ1n) is 37.6. The van der Waals surface area contributed by atoms with Gasteiger partial charge in [0.1, 0.15) is 0 Å². The number of fused-ring (bicyclic) bond motifs is 18. The summed E-state index contributed by atoms with van der Waals surface area (Å²) in [5.74, 6) is 0. The van der Waals surface area contributed by atoms with Crippen LogP contribution in [0, 0.1) is 0 Å². The predicted octanol–water partition coefficient (Wildman–Crippen LogP) is 26.1. The molecule has 17 aromatic rings. The summed E-state index contributed by atoms with van der Waals surface area (Å²) < 4.78 is 0. The molecule has 108 heavy (non-hydrogen) atoms. The molecule has 2 nitrogen and oxygen atoms in total. The molecule has 0 bridgehead atoms. The van der Waals surface area contributed by atoms with Gasteiger partial charge in [-0.15, -0.1) is 0 Å². The van der Waals surface area contributed by atoms with E-state index in [1.54, 1.807) is 0 Å². The highest BCUT2D eigenvalue weighted by Gasteiger charge is 2.59. The van der Waals surface area contributed by atoms with Crippen LogP contribution in [0.25, 0.3) is 33.4 Å². The van der Waals surface area contributed by atoms with E-state index in [9.17, 15) is 0 Å². The van der Waals surface area contributed by atoms with Crippen LogP contribution in [0.1, 0.15) is 89.0 Å².